The van der Waals surface area contributed by atoms with Gasteiger partial charge < -0.3 is 14.6 Å². The van der Waals surface area contributed by atoms with Gasteiger partial charge in [-0.1, -0.05) is 34.6 Å². The number of aliphatic hydroxyl groups is 1. The van der Waals surface area contributed by atoms with Gasteiger partial charge in [-0.3, -0.25) is 9.59 Å². The third kappa shape index (κ3) is 2.60. The fourth-order valence-electron chi connectivity index (χ4n) is 9.03. The van der Waals surface area contributed by atoms with E-state index >= 15 is 0 Å². The highest BCUT2D eigenvalue weighted by molar-refractivity contribution is 5.89. The topological polar surface area (TPSA) is 72.8 Å². The van der Waals surface area contributed by atoms with Crippen LogP contribution in [-0.2, 0) is 19.1 Å². The molecule has 4 aliphatic carbocycles. The largest absolute Gasteiger partial charge is 0.462 e. The Labute approximate surface area is 181 Å². The molecule has 4 fully saturated rings. The average Bonchev–Trinajstić information content (AvgIpc) is 2.92. The van der Waals surface area contributed by atoms with Crippen LogP contribution in [0.3, 0.4) is 0 Å². The molecule has 5 heteroatoms. The second-order valence-corrected chi connectivity index (χ2v) is 12.0. The molecule has 4 saturated carbocycles. The number of carbonyl (C=O) groups is 2. The van der Waals surface area contributed by atoms with Crippen molar-refractivity contribution >= 4 is 11.8 Å². The molecule has 0 radical (unpaired) electrons. The number of fused-ring (bicyclic) bond motifs is 5. The summed E-state index contributed by atoms with van der Waals surface area (Å²) in [6.45, 7) is 12.7. The lowest BCUT2D eigenvalue weighted by atomic mass is 9.35. The van der Waals surface area contributed by atoms with Crippen LogP contribution in [-0.4, -0.2) is 42.3 Å². The van der Waals surface area contributed by atoms with Gasteiger partial charge in [-0.2, -0.15) is 0 Å². The van der Waals surface area contributed by atoms with Gasteiger partial charge in [-0.05, 0) is 60.2 Å². The summed E-state index contributed by atoms with van der Waals surface area (Å²) in [5.74, 6) is 0.542. The number of esters is 1. The van der Waals surface area contributed by atoms with Crippen molar-refractivity contribution in [2.45, 2.75) is 98.4 Å². The molecule has 4 aliphatic rings. The molecule has 9 atom stereocenters. The molecule has 1 N–H and O–H groups in total. The van der Waals surface area contributed by atoms with Crippen molar-refractivity contribution < 1.29 is 24.2 Å². The summed E-state index contributed by atoms with van der Waals surface area (Å²) in [4.78, 5) is 25.6. The van der Waals surface area contributed by atoms with Crippen LogP contribution < -0.4 is 0 Å². The summed E-state index contributed by atoms with van der Waals surface area (Å²) < 4.78 is 11.7. The van der Waals surface area contributed by atoms with Crippen LogP contribution >= 0.6 is 0 Å². The lowest BCUT2D eigenvalue weighted by Gasteiger charge is -2.69. The van der Waals surface area contributed by atoms with E-state index in [-0.39, 0.29) is 58.1 Å². The summed E-state index contributed by atoms with van der Waals surface area (Å²) in [6.07, 6.45) is 4.14. The van der Waals surface area contributed by atoms with E-state index in [0.717, 1.165) is 32.1 Å². The number of carbonyl (C=O) groups excluding carboxylic acids is 2. The van der Waals surface area contributed by atoms with Crippen molar-refractivity contribution in [3.63, 3.8) is 0 Å². The second-order valence-electron chi connectivity index (χ2n) is 12.0. The lowest BCUT2D eigenvalue weighted by Crippen LogP contribution is -2.67. The fourth-order valence-corrected chi connectivity index (χ4v) is 9.03. The number of hydrogen-bond acceptors (Lipinski definition) is 5. The van der Waals surface area contributed by atoms with Crippen LogP contribution in [0.1, 0.15) is 80.1 Å². The molecule has 30 heavy (non-hydrogen) atoms. The number of aliphatic hydroxyl groups excluding tert-OH is 1. The molecule has 0 bridgehead atoms. The van der Waals surface area contributed by atoms with Gasteiger partial charge in [0.25, 0.3) is 0 Å². The summed E-state index contributed by atoms with van der Waals surface area (Å²) >= 11 is 0. The minimum absolute atomic E-state index is 0.00749. The van der Waals surface area contributed by atoms with E-state index in [0.29, 0.717) is 12.3 Å². The van der Waals surface area contributed by atoms with E-state index < -0.39 is 5.41 Å². The first-order valence-electron chi connectivity index (χ1n) is 11.8. The highest BCUT2D eigenvalue weighted by atomic mass is 16.5. The standard InChI is InChI=1S/C25H40O5/c1-14(26)30-16-12-18-23(4)10-9-19(27)22(2,3)17(23)8-11-24(18,5)25(6)20(28)13-15(29-7)21(16)25/h15-19,21,27H,8-13H2,1-7H3/t15-,16-,17+,18-,19+,21+,23+,24-,25-/m1/s1. The maximum atomic E-state index is 13.6. The molecule has 0 saturated heterocycles. The summed E-state index contributed by atoms with van der Waals surface area (Å²) in [5.41, 5.74) is -0.876. The summed E-state index contributed by atoms with van der Waals surface area (Å²) in [7, 11) is 1.67. The van der Waals surface area contributed by atoms with Crippen LogP contribution in [0.15, 0.2) is 0 Å². The predicted molar refractivity (Wildman–Crippen MR) is 114 cm³/mol. The number of Topliss-reactive ketones (excluding diaryl/α,β-unsaturated/α-hetero) is 1. The van der Waals surface area contributed by atoms with Crippen LogP contribution in [0.5, 0.6) is 0 Å². The Kier molecular flexibility index (Phi) is 5.03. The number of ether oxygens (including phenoxy) is 2. The molecule has 0 heterocycles. The van der Waals surface area contributed by atoms with Crippen LogP contribution in [0.2, 0.25) is 0 Å². The van der Waals surface area contributed by atoms with Crippen molar-refractivity contribution in [2.24, 2.45) is 39.4 Å². The van der Waals surface area contributed by atoms with E-state index in [2.05, 4.69) is 34.6 Å². The smallest absolute Gasteiger partial charge is 0.302 e. The zero-order chi connectivity index (χ0) is 22.3. The van der Waals surface area contributed by atoms with Crippen LogP contribution in [0, 0.1) is 39.4 Å². The molecule has 0 aromatic rings. The molecule has 4 rings (SSSR count). The molecule has 0 spiro atoms. The molecular formula is C25H40O5. The normalized spacial score (nSPS) is 52.2. The maximum absolute atomic E-state index is 13.6. The Bertz CT molecular complexity index is 746. The monoisotopic (exact) mass is 420 g/mol. The van der Waals surface area contributed by atoms with Gasteiger partial charge in [-0.15, -0.1) is 0 Å². The molecule has 0 unspecified atom stereocenters. The van der Waals surface area contributed by atoms with Crippen LogP contribution in [0.4, 0.5) is 0 Å². The van der Waals surface area contributed by atoms with Gasteiger partial charge in [0.2, 0.25) is 0 Å². The first-order chi connectivity index (χ1) is 13.8. The van der Waals surface area contributed by atoms with E-state index in [4.69, 9.17) is 9.47 Å². The van der Waals surface area contributed by atoms with Crippen molar-refractivity contribution in [3.8, 4) is 0 Å². The summed E-state index contributed by atoms with van der Waals surface area (Å²) in [6, 6.07) is 0. The van der Waals surface area contributed by atoms with Gasteiger partial charge in [0.15, 0.2) is 0 Å². The van der Waals surface area contributed by atoms with Crippen molar-refractivity contribution in [1.29, 1.82) is 0 Å². The number of ketones is 1. The molecule has 0 aliphatic heterocycles. The SMILES string of the molecule is CO[C@@H]1CC(=O)[C@]2(C)[C@@H]1[C@H](OC(C)=O)C[C@@H]1[C@@]3(C)CC[C@H](O)C(C)(C)[C@@H]3CC[C@]12C. The Morgan fingerprint density at radius 2 is 1.70 bits per heavy atom. The third-order valence-electron chi connectivity index (χ3n) is 10.7. The van der Waals surface area contributed by atoms with Gasteiger partial charge in [-0.25, -0.2) is 0 Å². The first-order valence-corrected chi connectivity index (χ1v) is 11.8. The van der Waals surface area contributed by atoms with Crippen molar-refractivity contribution in [2.75, 3.05) is 7.11 Å². The van der Waals surface area contributed by atoms with Crippen LogP contribution in [0.25, 0.3) is 0 Å². The minimum Gasteiger partial charge on any atom is -0.462 e. The first kappa shape index (κ1) is 22.3. The van der Waals surface area contributed by atoms with E-state index in [1.807, 2.05) is 0 Å². The van der Waals surface area contributed by atoms with Gasteiger partial charge >= 0.3 is 5.97 Å². The Morgan fingerprint density at radius 1 is 1.03 bits per heavy atom. The molecule has 5 nitrogen and oxygen atoms in total. The molecular weight excluding hydrogens is 380 g/mol. The average molecular weight is 421 g/mol. The second kappa shape index (κ2) is 6.78. The zero-order valence-electron chi connectivity index (χ0n) is 19.8. The van der Waals surface area contributed by atoms with Gasteiger partial charge in [0, 0.05) is 31.8 Å². The van der Waals surface area contributed by atoms with E-state index in [1.165, 1.54) is 6.92 Å². The lowest BCUT2D eigenvalue weighted by molar-refractivity contribution is -0.245. The Balaban J connectivity index is 1.84. The summed E-state index contributed by atoms with van der Waals surface area (Å²) in [5, 5.41) is 10.8. The highest BCUT2D eigenvalue weighted by Crippen LogP contribution is 2.74. The molecule has 170 valence electrons. The Hall–Kier alpha value is -0.940. The van der Waals surface area contributed by atoms with Crippen molar-refractivity contribution in [3.05, 3.63) is 0 Å². The highest BCUT2D eigenvalue weighted by Gasteiger charge is 2.73. The number of hydrogen-bond donors (Lipinski definition) is 1. The van der Waals surface area contributed by atoms with E-state index in [1.54, 1.807) is 7.11 Å². The van der Waals surface area contributed by atoms with Crippen molar-refractivity contribution in [1.82, 2.24) is 0 Å². The number of rotatable bonds is 2. The van der Waals surface area contributed by atoms with Gasteiger partial charge in [0.05, 0.1) is 12.2 Å². The predicted octanol–water partition coefficient (Wildman–Crippen LogP) is 4.15. The maximum Gasteiger partial charge on any atom is 0.302 e. The fraction of sp³-hybridized carbons (Fsp3) is 0.920. The zero-order valence-corrected chi connectivity index (χ0v) is 19.8. The molecule has 0 amide bonds. The molecule has 0 aromatic heterocycles. The van der Waals surface area contributed by atoms with E-state index in [9.17, 15) is 14.7 Å². The van der Waals surface area contributed by atoms with Gasteiger partial charge in [0.1, 0.15) is 11.9 Å². The third-order valence-corrected chi connectivity index (χ3v) is 10.7. The number of methoxy groups -OCH3 is 1. The molecule has 0 aromatic carbocycles. The minimum atomic E-state index is -0.565. The Morgan fingerprint density at radius 3 is 2.30 bits per heavy atom. The quantitative estimate of drug-likeness (QED) is 0.680.